The van der Waals surface area contributed by atoms with Crippen molar-refractivity contribution in [3.8, 4) is 0 Å². The SMILES string of the molecule is O=C(NCCN1CCCCCC1)C1CCN(S(=O)(=O)c2cccc3nsnc23)CC1. The van der Waals surface area contributed by atoms with Gasteiger partial charge in [-0.15, -0.1) is 0 Å². The Kier molecular flexibility index (Phi) is 6.97. The van der Waals surface area contributed by atoms with Crippen molar-refractivity contribution in [1.29, 1.82) is 0 Å². The molecule has 0 bridgehead atoms. The summed E-state index contributed by atoms with van der Waals surface area (Å²) in [5.74, 6) is -0.0787. The third-order valence-corrected chi connectivity index (χ3v) is 8.59. The molecule has 0 spiro atoms. The van der Waals surface area contributed by atoms with Crippen molar-refractivity contribution in [3.05, 3.63) is 18.2 Å². The molecule has 30 heavy (non-hydrogen) atoms. The zero-order chi connectivity index (χ0) is 21.0. The van der Waals surface area contributed by atoms with Crippen LogP contribution in [0.4, 0.5) is 0 Å². The molecular weight excluding hydrogens is 422 g/mol. The Morgan fingerprint density at radius 3 is 2.53 bits per heavy atom. The van der Waals surface area contributed by atoms with Crippen molar-refractivity contribution in [2.24, 2.45) is 5.92 Å². The van der Waals surface area contributed by atoms with E-state index in [0.717, 1.165) is 31.4 Å². The van der Waals surface area contributed by atoms with Gasteiger partial charge in [-0.25, -0.2) is 8.42 Å². The molecule has 1 aromatic heterocycles. The molecule has 1 N–H and O–H groups in total. The summed E-state index contributed by atoms with van der Waals surface area (Å²) in [6, 6.07) is 5.04. The average molecular weight is 452 g/mol. The van der Waals surface area contributed by atoms with Gasteiger partial charge in [0.1, 0.15) is 15.9 Å². The highest BCUT2D eigenvalue weighted by Crippen LogP contribution is 2.28. The summed E-state index contributed by atoms with van der Waals surface area (Å²) in [5, 5.41) is 3.06. The maximum atomic E-state index is 13.1. The number of hydrogen-bond acceptors (Lipinski definition) is 7. The molecule has 0 unspecified atom stereocenters. The Morgan fingerprint density at radius 2 is 1.80 bits per heavy atom. The molecule has 1 amide bonds. The Hall–Kier alpha value is -1.62. The smallest absolute Gasteiger partial charge is 0.245 e. The van der Waals surface area contributed by atoms with Crippen LogP contribution in [0.5, 0.6) is 0 Å². The minimum Gasteiger partial charge on any atom is -0.355 e. The van der Waals surface area contributed by atoms with E-state index in [4.69, 9.17) is 0 Å². The second kappa shape index (κ2) is 9.67. The lowest BCUT2D eigenvalue weighted by molar-refractivity contribution is -0.126. The molecule has 4 rings (SSSR count). The van der Waals surface area contributed by atoms with Crippen LogP contribution in [0.2, 0.25) is 0 Å². The van der Waals surface area contributed by atoms with E-state index in [1.165, 1.54) is 30.0 Å². The predicted octanol–water partition coefficient (Wildman–Crippen LogP) is 2.08. The van der Waals surface area contributed by atoms with E-state index in [9.17, 15) is 13.2 Å². The summed E-state index contributed by atoms with van der Waals surface area (Å²) in [6.45, 7) is 4.49. The van der Waals surface area contributed by atoms with Crippen molar-refractivity contribution in [3.63, 3.8) is 0 Å². The molecule has 2 aromatic rings. The summed E-state index contributed by atoms with van der Waals surface area (Å²) < 4.78 is 36.0. The van der Waals surface area contributed by atoms with Crippen LogP contribution in [-0.4, -0.2) is 71.5 Å². The van der Waals surface area contributed by atoms with Crippen molar-refractivity contribution in [2.75, 3.05) is 39.3 Å². The van der Waals surface area contributed by atoms with Gasteiger partial charge in [0.2, 0.25) is 15.9 Å². The molecule has 2 aliphatic heterocycles. The number of sulfonamides is 1. The molecule has 2 fully saturated rings. The fourth-order valence-corrected chi connectivity index (χ4v) is 6.55. The zero-order valence-electron chi connectivity index (χ0n) is 17.1. The molecule has 3 heterocycles. The van der Waals surface area contributed by atoms with Crippen LogP contribution in [-0.2, 0) is 14.8 Å². The van der Waals surface area contributed by atoms with E-state index in [1.807, 2.05) is 0 Å². The second-order valence-corrected chi connectivity index (χ2v) is 10.5. The molecule has 10 heteroatoms. The first-order chi connectivity index (χ1) is 14.6. The van der Waals surface area contributed by atoms with Crippen LogP contribution in [0, 0.1) is 5.92 Å². The highest BCUT2D eigenvalue weighted by molar-refractivity contribution is 7.89. The van der Waals surface area contributed by atoms with Crippen LogP contribution >= 0.6 is 11.7 Å². The van der Waals surface area contributed by atoms with Gasteiger partial charge in [-0.1, -0.05) is 18.9 Å². The number of carbonyl (C=O) groups is 1. The number of nitrogens with zero attached hydrogens (tertiary/aromatic N) is 4. The van der Waals surface area contributed by atoms with E-state index in [-0.39, 0.29) is 16.7 Å². The van der Waals surface area contributed by atoms with Gasteiger partial charge in [0.15, 0.2) is 0 Å². The maximum absolute atomic E-state index is 13.1. The predicted molar refractivity (Wildman–Crippen MR) is 117 cm³/mol. The first kappa shape index (κ1) is 21.6. The number of hydrogen-bond donors (Lipinski definition) is 1. The van der Waals surface area contributed by atoms with Crippen LogP contribution in [0.1, 0.15) is 38.5 Å². The van der Waals surface area contributed by atoms with E-state index in [1.54, 1.807) is 18.2 Å². The monoisotopic (exact) mass is 451 g/mol. The average Bonchev–Trinajstić information content (AvgIpc) is 3.09. The van der Waals surface area contributed by atoms with Crippen molar-refractivity contribution < 1.29 is 13.2 Å². The van der Waals surface area contributed by atoms with Gasteiger partial charge in [0, 0.05) is 32.1 Å². The molecule has 0 saturated carbocycles. The van der Waals surface area contributed by atoms with Gasteiger partial charge in [0.05, 0.1) is 11.7 Å². The highest BCUT2D eigenvalue weighted by Gasteiger charge is 2.33. The molecule has 8 nitrogen and oxygen atoms in total. The Balaban J connectivity index is 1.29. The quantitative estimate of drug-likeness (QED) is 0.723. The minimum atomic E-state index is -3.64. The second-order valence-electron chi connectivity index (χ2n) is 8.11. The fraction of sp³-hybridized carbons (Fsp3) is 0.650. The number of fused-ring (bicyclic) bond motifs is 1. The number of rotatable bonds is 6. The highest BCUT2D eigenvalue weighted by atomic mass is 32.2. The molecule has 0 radical (unpaired) electrons. The molecule has 164 valence electrons. The number of nitrogens with one attached hydrogen (secondary N) is 1. The largest absolute Gasteiger partial charge is 0.355 e. The number of likely N-dealkylation sites (tertiary alicyclic amines) is 1. The Labute approximate surface area is 182 Å². The number of carbonyl (C=O) groups excluding carboxylic acids is 1. The molecule has 0 aliphatic carbocycles. The van der Waals surface area contributed by atoms with Gasteiger partial charge in [-0.05, 0) is 50.9 Å². The van der Waals surface area contributed by atoms with E-state index in [0.29, 0.717) is 43.5 Å². The van der Waals surface area contributed by atoms with Crippen molar-refractivity contribution >= 4 is 38.7 Å². The van der Waals surface area contributed by atoms with Crippen LogP contribution in [0.3, 0.4) is 0 Å². The standard InChI is InChI=1S/C20H29N5O3S2/c26-20(21-10-15-24-11-3-1-2-4-12-24)16-8-13-25(14-9-16)30(27,28)18-7-5-6-17-19(18)23-29-22-17/h5-7,16H,1-4,8-15H2,(H,21,26). The van der Waals surface area contributed by atoms with Gasteiger partial charge in [0.25, 0.3) is 0 Å². The molecule has 0 atom stereocenters. The molecular formula is C20H29N5O3S2. The molecule has 1 aromatic carbocycles. The van der Waals surface area contributed by atoms with Crippen LogP contribution < -0.4 is 5.32 Å². The van der Waals surface area contributed by atoms with Gasteiger partial charge in [-0.3, -0.25) is 4.79 Å². The van der Waals surface area contributed by atoms with Gasteiger partial charge >= 0.3 is 0 Å². The van der Waals surface area contributed by atoms with Crippen molar-refractivity contribution in [2.45, 2.75) is 43.4 Å². The van der Waals surface area contributed by atoms with E-state index in [2.05, 4.69) is 19.0 Å². The number of amides is 1. The summed E-state index contributed by atoms with van der Waals surface area (Å²) in [5.41, 5.74) is 1.02. The number of aromatic nitrogens is 2. The maximum Gasteiger partial charge on any atom is 0.245 e. The Bertz CT molecular complexity index is 962. The third-order valence-electron chi connectivity index (χ3n) is 6.12. The first-order valence-electron chi connectivity index (χ1n) is 10.8. The summed E-state index contributed by atoms with van der Waals surface area (Å²) in [7, 11) is -3.64. The molecule has 2 aliphatic rings. The lowest BCUT2D eigenvalue weighted by Crippen LogP contribution is -2.44. The van der Waals surface area contributed by atoms with E-state index < -0.39 is 10.0 Å². The Morgan fingerprint density at radius 1 is 1.07 bits per heavy atom. The molecule has 2 saturated heterocycles. The van der Waals surface area contributed by atoms with E-state index >= 15 is 0 Å². The van der Waals surface area contributed by atoms with Crippen molar-refractivity contribution in [1.82, 2.24) is 23.3 Å². The summed E-state index contributed by atoms with van der Waals surface area (Å²) >= 11 is 1.01. The number of benzene rings is 1. The van der Waals surface area contributed by atoms with Gasteiger partial charge in [-0.2, -0.15) is 13.1 Å². The normalized spacial score (nSPS) is 20.3. The fourth-order valence-electron chi connectivity index (χ4n) is 4.33. The lowest BCUT2D eigenvalue weighted by Gasteiger charge is -2.30. The first-order valence-corrected chi connectivity index (χ1v) is 12.9. The number of piperidine rings is 1. The third kappa shape index (κ3) is 4.82. The van der Waals surface area contributed by atoms with Crippen LogP contribution in [0.15, 0.2) is 23.1 Å². The van der Waals surface area contributed by atoms with Gasteiger partial charge < -0.3 is 10.2 Å². The zero-order valence-corrected chi connectivity index (χ0v) is 18.8. The summed E-state index contributed by atoms with van der Waals surface area (Å²) in [6.07, 6.45) is 6.17. The van der Waals surface area contributed by atoms with Crippen LogP contribution in [0.25, 0.3) is 11.0 Å². The topological polar surface area (TPSA) is 95.5 Å². The summed E-state index contributed by atoms with van der Waals surface area (Å²) in [4.78, 5) is 15.2. The minimum absolute atomic E-state index is 0.0488. The lowest BCUT2D eigenvalue weighted by atomic mass is 9.97.